The largest absolute Gasteiger partial charge is 0.305 e. The van der Waals surface area contributed by atoms with Gasteiger partial charge in [0, 0.05) is 30.9 Å². The van der Waals surface area contributed by atoms with Crippen molar-refractivity contribution in [3.05, 3.63) is 95.1 Å². The van der Waals surface area contributed by atoms with Crippen molar-refractivity contribution in [2.75, 3.05) is 11.9 Å². The minimum atomic E-state index is -3.58. The number of hydrogen-bond acceptors (Lipinski definition) is 3. The average molecular weight is 435 g/mol. The minimum Gasteiger partial charge on any atom is -0.305 e. The van der Waals surface area contributed by atoms with Crippen molar-refractivity contribution in [3.8, 4) is 0 Å². The van der Waals surface area contributed by atoms with Crippen LogP contribution in [0.15, 0.2) is 77.7 Å². The highest BCUT2D eigenvalue weighted by atomic mass is 32.2. The lowest BCUT2D eigenvalue weighted by Crippen LogP contribution is -2.35. The fourth-order valence-electron chi connectivity index (χ4n) is 4.00. The Balaban J connectivity index is 1.50. The highest BCUT2D eigenvalue weighted by molar-refractivity contribution is 7.89. The normalized spacial score (nSPS) is 15.9. The number of anilines is 1. The van der Waals surface area contributed by atoms with Crippen molar-refractivity contribution in [1.29, 1.82) is 0 Å². The molecule has 1 heterocycles. The highest BCUT2D eigenvalue weighted by Gasteiger charge is 2.31. The summed E-state index contributed by atoms with van der Waals surface area (Å²) in [7, 11) is -2.01. The minimum absolute atomic E-state index is 0.0374. The van der Waals surface area contributed by atoms with Crippen molar-refractivity contribution in [3.63, 3.8) is 0 Å². The van der Waals surface area contributed by atoms with Gasteiger partial charge in [0.1, 0.15) is 0 Å². The number of hydrogen-bond donors (Lipinski definition) is 0. The van der Waals surface area contributed by atoms with Crippen LogP contribution in [0.3, 0.4) is 0 Å². The molecule has 0 aliphatic carbocycles. The summed E-state index contributed by atoms with van der Waals surface area (Å²) in [6, 6.07) is 22.1. The Morgan fingerprint density at radius 2 is 1.65 bits per heavy atom. The Hall–Kier alpha value is -2.96. The summed E-state index contributed by atoms with van der Waals surface area (Å²) >= 11 is 0. The third-order valence-electron chi connectivity index (χ3n) is 5.76. The first kappa shape index (κ1) is 21.3. The lowest BCUT2D eigenvalue weighted by molar-refractivity contribution is 0.0981. The maximum atomic E-state index is 13.1. The van der Waals surface area contributed by atoms with Crippen LogP contribution in [0.25, 0.3) is 0 Å². The number of rotatable bonds is 5. The Morgan fingerprint density at radius 1 is 1.00 bits per heavy atom. The third kappa shape index (κ3) is 4.13. The van der Waals surface area contributed by atoms with Gasteiger partial charge in [-0.05, 0) is 61.7 Å². The number of carbonyl (C=O) groups excluding carboxylic acids is 1. The molecule has 3 aromatic rings. The number of benzene rings is 3. The van der Waals surface area contributed by atoms with Crippen LogP contribution in [0.2, 0.25) is 0 Å². The van der Waals surface area contributed by atoms with Gasteiger partial charge in [0.25, 0.3) is 5.91 Å². The van der Waals surface area contributed by atoms with Gasteiger partial charge in [-0.15, -0.1) is 0 Å². The van der Waals surface area contributed by atoms with Crippen LogP contribution in [0, 0.1) is 6.92 Å². The zero-order chi connectivity index (χ0) is 22.2. The first-order chi connectivity index (χ1) is 14.8. The van der Waals surface area contributed by atoms with Crippen molar-refractivity contribution in [2.45, 2.75) is 37.8 Å². The van der Waals surface area contributed by atoms with Crippen molar-refractivity contribution in [1.82, 2.24) is 4.31 Å². The molecule has 0 N–H and O–H groups in total. The maximum Gasteiger partial charge on any atom is 0.258 e. The molecule has 0 fully saturated rings. The van der Waals surface area contributed by atoms with Crippen LogP contribution < -0.4 is 4.90 Å². The first-order valence-corrected chi connectivity index (χ1v) is 11.7. The predicted molar refractivity (Wildman–Crippen MR) is 123 cm³/mol. The van der Waals surface area contributed by atoms with E-state index in [2.05, 4.69) is 13.0 Å². The van der Waals surface area contributed by atoms with Gasteiger partial charge in [0.2, 0.25) is 10.0 Å². The summed E-state index contributed by atoms with van der Waals surface area (Å²) in [5.41, 5.74) is 4.58. The lowest BCUT2D eigenvalue weighted by Gasteiger charge is -2.23. The summed E-state index contributed by atoms with van der Waals surface area (Å²) in [6.07, 6.45) is 0.849. The summed E-state index contributed by atoms with van der Waals surface area (Å²) in [5, 5.41) is 0. The molecule has 6 heteroatoms. The van der Waals surface area contributed by atoms with Gasteiger partial charge in [0.15, 0.2) is 0 Å². The van der Waals surface area contributed by atoms with Gasteiger partial charge < -0.3 is 4.90 Å². The molecule has 0 spiro atoms. The molecule has 0 saturated carbocycles. The summed E-state index contributed by atoms with van der Waals surface area (Å²) in [4.78, 5) is 15.3. The van der Waals surface area contributed by atoms with Crippen LogP contribution in [-0.2, 0) is 23.0 Å². The molecule has 31 heavy (non-hydrogen) atoms. The summed E-state index contributed by atoms with van der Waals surface area (Å²) in [5.74, 6) is -0.0374. The van der Waals surface area contributed by atoms with Gasteiger partial charge in [-0.2, -0.15) is 4.31 Å². The molecule has 0 saturated heterocycles. The molecule has 1 amide bonds. The van der Waals surface area contributed by atoms with Crippen molar-refractivity contribution in [2.24, 2.45) is 0 Å². The Morgan fingerprint density at radius 3 is 2.32 bits per heavy atom. The second kappa shape index (κ2) is 8.29. The van der Waals surface area contributed by atoms with E-state index in [0.29, 0.717) is 5.56 Å². The Labute approximate surface area is 184 Å². The molecular weight excluding hydrogens is 408 g/mol. The molecule has 1 unspecified atom stereocenters. The fraction of sp³-hybridized carbons (Fsp3) is 0.240. The number of fused-ring (bicyclic) bond motifs is 1. The molecule has 0 aromatic heterocycles. The van der Waals surface area contributed by atoms with Crippen LogP contribution in [0.5, 0.6) is 0 Å². The second-order valence-corrected chi connectivity index (χ2v) is 10.2. The predicted octanol–water partition coefficient (Wildman–Crippen LogP) is 4.41. The van der Waals surface area contributed by atoms with Crippen molar-refractivity contribution >= 4 is 21.6 Å². The van der Waals surface area contributed by atoms with Crippen LogP contribution in [-0.4, -0.2) is 31.7 Å². The summed E-state index contributed by atoms with van der Waals surface area (Å²) < 4.78 is 27.0. The van der Waals surface area contributed by atoms with E-state index in [1.54, 1.807) is 43.4 Å². The standard InChI is InChI=1S/C25H26N2O3S/c1-18-8-14-23(15-9-18)31(29,30)26(3)17-20-10-12-21(13-11-20)25(28)27-19(2)16-22-6-4-5-7-24(22)27/h4-15,19H,16-17H2,1-3H3. The van der Waals surface area contributed by atoms with Gasteiger partial charge in [-0.3, -0.25) is 4.79 Å². The number of para-hydroxylation sites is 1. The Bertz CT molecular complexity index is 1200. The molecule has 4 rings (SSSR count). The van der Waals surface area contributed by atoms with Gasteiger partial charge in [0.05, 0.1) is 4.90 Å². The van der Waals surface area contributed by atoms with E-state index in [-0.39, 0.29) is 23.4 Å². The lowest BCUT2D eigenvalue weighted by atomic mass is 10.1. The van der Waals surface area contributed by atoms with E-state index < -0.39 is 10.0 Å². The summed E-state index contributed by atoms with van der Waals surface area (Å²) in [6.45, 7) is 4.20. The number of amides is 1. The molecule has 0 radical (unpaired) electrons. The number of sulfonamides is 1. The third-order valence-corrected chi connectivity index (χ3v) is 7.58. The van der Waals surface area contributed by atoms with Crippen molar-refractivity contribution < 1.29 is 13.2 Å². The van der Waals surface area contributed by atoms with Crippen LogP contribution in [0.1, 0.15) is 34.0 Å². The van der Waals surface area contributed by atoms with Gasteiger partial charge >= 0.3 is 0 Å². The molecule has 5 nitrogen and oxygen atoms in total. The number of aryl methyl sites for hydroxylation is 1. The highest BCUT2D eigenvalue weighted by Crippen LogP contribution is 2.33. The van der Waals surface area contributed by atoms with E-state index in [4.69, 9.17) is 0 Å². The number of carbonyl (C=O) groups is 1. The van der Waals surface area contributed by atoms with E-state index in [1.165, 1.54) is 9.87 Å². The first-order valence-electron chi connectivity index (χ1n) is 10.3. The van der Waals surface area contributed by atoms with Crippen LogP contribution in [0.4, 0.5) is 5.69 Å². The van der Waals surface area contributed by atoms with E-state index in [0.717, 1.165) is 23.2 Å². The van der Waals surface area contributed by atoms with Crippen LogP contribution >= 0.6 is 0 Å². The Kier molecular flexibility index (Phi) is 5.69. The van der Waals surface area contributed by atoms with E-state index >= 15 is 0 Å². The quantitative estimate of drug-likeness (QED) is 0.598. The average Bonchev–Trinajstić information content (AvgIpc) is 3.09. The molecule has 1 atom stereocenters. The maximum absolute atomic E-state index is 13.1. The smallest absolute Gasteiger partial charge is 0.258 e. The molecule has 3 aromatic carbocycles. The molecule has 1 aliphatic rings. The molecular formula is C25H26N2O3S. The zero-order valence-corrected chi connectivity index (χ0v) is 18.8. The zero-order valence-electron chi connectivity index (χ0n) is 17.9. The topological polar surface area (TPSA) is 57.7 Å². The fourth-order valence-corrected chi connectivity index (χ4v) is 5.16. The molecule has 160 valence electrons. The van der Waals surface area contributed by atoms with E-state index in [9.17, 15) is 13.2 Å². The van der Waals surface area contributed by atoms with Gasteiger partial charge in [-0.25, -0.2) is 8.42 Å². The van der Waals surface area contributed by atoms with Gasteiger partial charge in [-0.1, -0.05) is 48.0 Å². The molecule has 0 bridgehead atoms. The SMILES string of the molecule is Cc1ccc(S(=O)(=O)N(C)Cc2ccc(C(=O)N3c4ccccc4CC3C)cc2)cc1. The number of nitrogens with zero attached hydrogens (tertiary/aromatic N) is 2. The molecule has 1 aliphatic heterocycles. The van der Waals surface area contributed by atoms with E-state index in [1.807, 2.05) is 42.2 Å². The second-order valence-electron chi connectivity index (χ2n) is 8.13. The monoisotopic (exact) mass is 434 g/mol.